The normalized spacial score (nSPS) is 28.3. The summed E-state index contributed by atoms with van der Waals surface area (Å²) < 4.78 is 6.23. The highest BCUT2D eigenvalue weighted by Crippen LogP contribution is 2.47. The lowest BCUT2D eigenvalue weighted by Crippen LogP contribution is -2.31. The Kier molecular flexibility index (Phi) is 9.60. The van der Waals surface area contributed by atoms with E-state index in [1.807, 2.05) is 0 Å². The van der Waals surface area contributed by atoms with E-state index in [4.69, 9.17) is 4.74 Å². The fourth-order valence-electron chi connectivity index (χ4n) is 5.64. The van der Waals surface area contributed by atoms with Crippen molar-refractivity contribution < 1.29 is 4.74 Å². The summed E-state index contributed by atoms with van der Waals surface area (Å²) in [5.41, 5.74) is 0.477. The smallest absolute Gasteiger partial charge is 0.0651 e. The van der Waals surface area contributed by atoms with E-state index < -0.39 is 0 Å². The maximum atomic E-state index is 6.23. The van der Waals surface area contributed by atoms with Gasteiger partial charge in [0, 0.05) is 0 Å². The van der Waals surface area contributed by atoms with E-state index in [-0.39, 0.29) is 0 Å². The zero-order valence-electron chi connectivity index (χ0n) is 17.4. The minimum Gasteiger partial charge on any atom is -0.374 e. The van der Waals surface area contributed by atoms with Crippen molar-refractivity contribution in [2.24, 2.45) is 17.3 Å². The van der Waals surface area contributed by atoms with Gasteiger partial charge in [-0.1, -0.05) is 77.9 Å². The van der Waals surface area contributed by atoms with Gasteiger partial charge < -0.3 is 4.74 Å². The van der Waals surface area contributed by atoms with Crippen LogP contribution in [-0.2, 0) is 4.74 Å². The van der Waals surface area contributed by atoms with Crippen molar-refractivity contribution in [1.82, 2.24) is 0 Å². The molecule has 0 spiro atoms. The number of ether oxygens (including phenoxy) is 1. The molecular formula is C24H44O. The molecule has 1 heteroatoms. The number of rotatable bonds is 10. The van der Waals surface area contributed by atoms with E-state index in [0.717, 1.165) is 18.4 Å². The second-order valence-electron chi connectivity index (χ2n) is 8.85. The molecule has 0 radical (unpaired) electrons. The molecule has 0 aromatic carbocycles. The molecule has 2 rings (SSSR count). The molecule has 0 N–H and O–H groups in total. The van der Waals surface area contributed by atoms with Crippen LogP contribution in [0.5, 0.6) is 0 Å². The van der Waals surface area contributed by atoms with Crippen LogP contribution in [-0.4, -0.2) is 12.7 Å². The van der Waals surface area contributed by atoms with Crippen molar-refractivity contribution >= 4 is 0 Å². The molecular weight excluding hydrogens is 304 g/mol. The lowest BCUT2D eigenvalue weighted by atomic mass is 9.63. The molecule has 1 nitrogen and oxygen atoms in total. The van der Waals surface area contributed by atoms with E-state index in [0.29, 0.717) is 11.5 Å². The maximum Gasteiger partial charge on any atom is 0.0651 e. The molecule has 25 heavy (non-hydrogen) atoms. The molecule has 2 aliphatic carbocycles. The first kappa shape index (κ1) is 21.0. The molecule has 0 bridgehead atoms. The Morgan fingerprint density at radius 2 is 1.68 bits per heavy atom. The van der Waals surface area contributed by atoms with Crippen LogP contribution in [0.25, 0.3) is 0 Å². The Balaban J connectivity index is 1.81. The molecule has 0 aromatic rings. The fourth-order valence-corrected chi connectivity index (χ4v) is 5.64. The Morgan fingerprint density at radius 3 is 2.28 bits per heavy atom. The monoisotopic (exact) mass is 348 g/mol. The molecule has 2 aliphatic rings. The zero-order chi connectivity index (χ0) is 18.0. The molecule has 0 amide bonds. The number of hydrogen-bond acceptors (Lipinski definition) is 1. The van der Waals surface area contributed by atoms with Gasteiger partial charge in [0.25, 0.3) is 0 Å². The van der Waals surface area contributed by atoms with Crippen molar-refractivity contribution in [3.05, 3.63) is 12.2 Å². The van der Waals surface area contributed by atoms with Crippen LogP contribution < -0.4 is 0 Å². The highest BCUT2D eigenvalue weighted by Gasteiger charge is 2.35. The van der Waals surface area contributed by atoms with Crippen LogP contribution in [0.1, 0.15) is 111 Å². The van der Waals surface area contributed by atoms with Gasteiger partial charge >= 0.3 is 0 Å². The molecule has 0 aromatic heterocycles. The highest BCUT2D eigenvalue weighted by molar-refractivity contribution is 5.04. The third-order valence-corrected chi connectivity index (χ3v) is 7.10. The predicted molar refractivity (Wildman–Crippen MR) is 110 cm³/mol. The number of hydrogen-bond donors (Lipinski definition) is 0. The Labute approximate surface area is 158 Å². The molecule has 0 heterocycles. The van der Waals surface area contributed by atoms with E-state index in [1.54, 1.807) is 0 Å². The summed E-state index contributed by atoms with van der Waals surface area (Å²) in [7, 11) is 0. The minimum absolute atomic E-state index is 0.477. The standard InChI is InChI=1S/C24H44O/c1-4-11-21-13-15-23(16-14-21)25-20-10-19-24(17-8-7-9-18-24)22(6-3)12-5-2/h10,19,21-23H,4-9,11-18,20H2,1-3H3/b19-10+/t21-,22?,23-. The first-order valence-electron chi connectivity index (χ1n) is 11.5. The molecule has 2 saturated carbocycles. The number of allylic oxidation sites excluding steroid dienone is 1. The van der Waals surface area contributed by atoms with Gasteiger partial charge in [-0.25, -0.2) is 0 Å². The topological polar surface area (TPSA) is 9.23 Å². The fraction of sp³-hybridized carbons (Fsp3) is 0.917. The van der Waals surface area contributed by atoms with Crippen molar-refractivity contribution in [3.63, 3.8) is 0 Å². The quantitative estimate of drug-likeness (QED) is 0.367. The Morgan fingerprint density at radius 1 is 0.960 bits per heavy atom. The average molecular weight is 349 g/mol. The molecule has 2 fully saturated rings. The van der Waals surface area contributed by atoms with Gasteiger partial charge in [0.2, 0.25) is 0 Å². The third kappa shape index (κ3) is 6.42. The van der Waals surface area contributed by atoms with Gasteiger partial charge in [0.15, 0.2) is 0 Å². The lowest BCUT2D eigenvalue weighted by molar-refractivity contribution is 0.0327. The van der Waals surface area contributed by atoms with Gasteiger partial charge in [-0.3, -0.25) is 0 Å². The molecule has 1 atom stereocenters. The summed E-state index contributed by atoms with van der Waals surface area (Å²) in [5, 5.41) is 0. The Bertz CT molecular complexity index is 358. The Hall–Kier alpha value is -0.300. The van der Waals surface area contributed by atoms with Crippen LogP contribution in [0.2, 0.25) is 0 Å². The second-order valence-corrected chi connectivity index (χ2v) is 8.85. The van der Waals surface area contributed by atoms with E-state index in [1.165, 1.54) is 89.9 Å². The molecule has 0 saturated heterocycles. The third-order valence-electron chi connectivity index (χ3n) is 7.10. The van der Waals surface area contributed by atoms with Crippen LogP contribution in [0.15, 0.2) is 12.2 Å². The largest absolute Gasteiger partial charge is 0.374 e. The minimum atomic E-state index is 0.477. The summed E-state index contributed by atoms with van der Waals surface area (Å²) in [5.74, 6) is 1.85. The first-order valence-corrected chi connectivity index (χ1v) is 11.5. The van der Waals surface area contributed by atoms with Gasteiger partial charge in [0.05, 0.1) is 12.7 Å². The van der Waals surface area contributed by atoms with Crippen LogP contribution >= 0.6 is 0 Å². The van der Waals surface area contributed by atoms with Crippen molar-refractivity contribution in [3.8, 4) is 0 Å². The van der Waals surface area contributed by atoms with Gasteiger partial charge in [-0.2, -0.15) is 0 Å². The van der Waals surface area contributed by atoms with Crippen molar-refractivity contribution in [2.45, 2.75) is 117 Å². The van der Waals surface area contributed by atoms with Crippen LogP contribution in [0.4, 0.5) is 0 Å². The van der Waals surface area contributed by atoms with Gasteiger partial charge in [-0.15, -0.1) is 0 Å². The summed E-state index contributed by atoms with van der Waals surface area (Å²) in [4.78, 5) is 0. The van der Waals surface area contributed by atoms with E-state index in [9.17, 15) is 0 Å². The first-order chi connectivity index (χ1) is 12.2. The highest BCUT2D eigenvalue weighted by atomic mass is 16.5. The van der Waals surface area contributed by atoms with Crippen molar-refractivity contribution in [1.29, 1.82) is 0 Å². The summed E-state index contributed by atoms with van der Waals surface area (Å²) in [6, 6.07) is 0. The lowest BCUT2D eigenvalue weighted by Gasteiger charge is -2.42. The average Bonchev–Trinajstić information content (AvgIpc) is 2.65. The molecule has 1 unspecified atom stereocenters. The van der Waals surface area contributed by atoms with E-state index >= 15 is 0 Å². The summed E-state index contributed by atoms with van der Waals surface area (Å²) >= 11 is 0. The second kappa shape index (κ2) is 11.4. The van der Waals surface area contributed by atoms with Gasteiger partial charge in [-0.05, 0) is 62.2 Å². The van der Waals surface area contributed by atoms with Crippen LogP contribution in [0.3, 0.4) is 0 Å². The SMILES string of the molecule is CCCC(CC)C1(/C=C/CO[C@H]2CC[C@H](CCC)CC2)CCCCC1. The van der Waals surface area contributed by atoms with Crippen LogP contribution in [0, 0.1) is 17.3 Å². The summed E-state index contributed by atoms with van der Waals surface area (Å²) in [6.07, 6.45) is 24.8. The zero-order valence-corrected chi connectivity index (χ0v) is 17.4. The maximum absolute atomic E-state index is 6.23. The predicted octanol–water partition coefficient (Wildman–Crippen LogP) is 7.69. The summed E-state index contributed by atoms with van der Waals surface area (Å²) in [6.45, 7) is 7.90. The molecule has 0 aliphatic heterocycles. The van der Waals surface area contributed by atoms with Gasteiger partial charge in [0.1, 0.15) is 0 Å². The van der Waals surface area contributed by atoms with Crippen molar-refractivity contribution in [2.75, 3.05) is 6.61 Å². The molecule has 146 valence electrons. The van der Waals surface area contributed by atoms with E-state index in [2.05, 4.69) is 32.9 Å².